The molecule has 0 spiro atoms. The molecule has 1 N–H and O–H groups in total. The molecule has 122 valence electrons. The van der Waals surface area contributed by atoms with Crippen LogP contribution in [0.15, 0.2) is 16.3 Å². The Morgan fingerprint density at radius 3 is 2.48 bits per heavy atom. The molecule has 0 atom stereocenters. The van der Waals surface area contributed by atoms with Gasteiger partial charge in [0.1, 0.15) is 0 Å². The number of hydrogen-bond acceptors (Lipinski definition) is 5. The summed E-state index contributed by atoms with van der Waals surface area (Å²) in [5.74, 6) is 0. The predicted molar refractivity (Wildman–Crippen MR) is 89.3 cm³/mol. The standard InChI is InChI=1S/C14H27N3O2S2/c1-12(2)15-10-13-9-14(11-20-13)21(18,19)17(5)8-6-7-16(3)4/h9,11-12,15H,6-8,10H2,1-5H3. The third-order valence-electron chi connectivity index (χ3n) is 3.10. The molecule has 0 aliphatic carbocycles. The van der Waals surface area contributed by atoms with Crippen molar-refractivity contribution in [1.82, 2.24) is 14.5 Å². The Morgan fingerprint density at radius 1 is 1.24 bits per heavy atom. The highest BCUT2D eigenvalue weighted by Gasteiger charge is 2.21. The number of sulfonamides is 1. The molecule has 1 aromatic rings. The molecule has 0 aromatic carbocycles. The number of thiophene rings is 1. The number of rotatable bonds is 9. The fourth-order valence-electron chi connectivity index (χ4n) is 1.80. The first-order valence-electron chi connectivity index (χ1n) is 7.15. The van der Waals surface area contributed by atoms with Gasteiger partial charge in [-0.2, -0.15) is 0 Å². The molecule has 0 saturated heterocycles. The molecule has 0 aliphatic rings. The van der Waals surface area contributed by atoms with Crippen LogP contribution in [0.2, 0.25) is 0 Å². The second kappa shape index (κ2) is 8.24. The van der Waals surface area contributed by atoms with Crippen LogP contribution in [0.5, 0.6) is 0 Å². The first-order chi connectivity index (χ1) is 9.73. The average molecular weight is 334 g/mol. The highest BCUT2D eigenvalue weighted by Crippen LogP contribution is 2.22. The quantitative estimate of drug-likeness (QED) is 0.749. The lowest BCUT2D eigenvalue weighted by Gasteiger charge is -2.17. The summed E-state index contributed by atoms with van der Waals surface area (Å²) in [6.45, 7) is 6.28. The molecule has 21 heavy (non-hydrogen) atoms. The maximum atomic E-state index is 12.5. The molecular weight excluding hydrogens is 306 g/mol. The van der Waals surface area contributed by atoms with E-state index in [0.29, 0.717) is 24.0 Å². The van der Waals surface area contributed by atoms with Crippen LogP contribution in [0.25, 0.3) is 0 Å². The molecular formula is C14H27N3O2S2. The first kappa shape index (κ1) is 18.6. The van der Waals surface area contributed by atoms with E-state index in [2.05, 4.69) is 24.1 Å². The molecule has 0 bridgehead atoms. The van der Waals surface area contributed by atoms with E-state index in [1.165, 1.54) is 15.6 Å². The minimum atomic E-state index is -3.36. The molecule has 0 amide bonds. The van der Waals surface area contributed by atoms with Crippen LogP contribution in [-0.2, 0) is 16.6 Å². The number of nitrogens with zero attached hydrogens (tertiary/aromatic N) is 2. The molecule has 7 heteroatoms. The maximum absolute atomic E-state index is 12.5. The van der Waals surface area contributed by atoms with E-state index in [0.717, 1.165) is 17.8 Å². The van der Waals surface area contributed by atoms with Crippen LogP contribution in [-0.4, -0.2) is 57.9 Å². The Morgan fingerprint density at radius 2 is 1.90 bits per heavy atom. The lowest BCUT2D eigenvalue weighted by molar-refractivity contribution is 0.370. The van der Waals surface area contributed by atoms with Gasteiger partial charge in [0, 0.05) is 36.4 Å². The molecule has 1 rings (SSSR count). The van der Waals surface area contributed by atoms with Gasteiger partial charge in [0.15, 0.2) is 0 Å². The van der Waals surface area contributed by atoms with Crippen LogP contribution in [0.1, 0.15) is 25.1 Å². The van der Waals surface area contributed by atoms with E-state index in [-0.39, 0.29) is 0 Å². The fourth-order valence-corrected chi connectivity index (χ4v) is 4.23. The normalized spacial score (nSPS) is 12.8. The topological polar surface area (TPSA) is 52.7 Å². The highest BCUT2D eigenvalue weighted by molar-refractivity contribution is 7.89. The zero-order valence-corrected chi connectivity index (χ0v) is 15.2. The van der Waals surface area contributed by atoms with E-state index >= 15 is 0 Å². The van der Waals surface area contributed by atoms with Crippen molar-refractivity contribution in [2.24, 2.45) is 0 Å². The zero-order chi connectivity index (χ0) is 16.0. The second-order valence-corrected chi connectivity index (χ2v) is 8.81. The number of hydrogen-bond donors (Lipinski definition) is 1. The van der Waals surface area contributed by atoms with E-state index in [1.807, 2.05) is 14.1 Å². The summed E-state index contributed by atoms with van der Waals surface area (Å²) in [7, 11) is 2.27. The zero-order valence-electron chi connectivity index (χ0n) is 13.6. The van der Waals surface area contributed by atoms with E-state index in [9.17, 15) is 8.42 Å². The summed E-state index contributed by atoms with van der Waals surface area (Å²) < 4.78 is 26.4. The van der Waals surface area contributed by atoms with Gasteiger partial charge in [0.2, 0.25) is 10.0 Å². The van der Waals surface area contributed by atoms with Crippen LogP contribution in [0.4, 0.5) is 0 Å². The summed E-state index contributed by atoms with van der Waals surface area (Å²) >= 11 is 1.49. The predicted octanol–water partition coefficient (Wildman–Crippen LogP) is 1.82. The van der Waals surface area contributed by atoms with Crippen molar-refractivity contribution in [2.75, 3.05) is 34.2 Å². The smallest absolute Gasteiger partial charge is 0.243 e. The Labute approximate surface area is 133 Å². The third kappa shape index (κ3) is 6.04. The molecule has 1 aromatic heterocycles. The number of nitrogens with one attached hydrogen (secondary N) is 1. The van der Waals surface area contributed by atoms with Crippen molar-refractivity contribution < 1.29 is 8.42 Å². The van der Waals surface area contributed by atoms with Gasteiger partial charge in [-0.05, 0) is 33.1 Å². The highest BCUT2D eigenvalue weighted by atomic mass is 32.2. The molecule has 5 nitrogen and oxygen atoms in total. The van der Waals surface area contributed by atoms with Crippen molar-refractivity contribution in [3.05, 3.63) is 16.3 Å². The Balaban J connectivity index is 2.65. The van der Waals surface area contributed by atoms with Gasteiger partial charge < -0.3 is 10.2 Å². The van der Waals surface area contributed by atoms with Gasteiger partial charge in [-0.25, -0.2) is 12.7 Å². The van der Waals surface area contributed by atoms with Crippen LogP contribution < -0.4 is 5.32 Å². The maximum Gasteiger partial charge on any atom is 0.243 e. The van der Waals surface area contributed by atoms with Crippen LogP contribution in [0, 0.1) is 0 Å². The summed E-state index contributed by atoms with van der Waals surface area (Å²) in [6.07, 6.45) is 0.828. The Kier molecular flexibility index (Phi) is 7.29. The minimum Gasteiger partial charge on any atom is -0.310 e. The van der Waals surface area contributed by atoms with Gasteiger partial charge in [-0.1, -0.05) is 13.8 Å². The summed E-state index contributed by atoms with van der Waals surface area (Å²) in [5, 5.41) is 5.03. The summed E-state index contributed by atoms with van der Waals surface area (Å²) in [4.78, 5) is 3.50. The van der Waals surface area contributed by atoms with Crippen molar-refractivity contribution >= 4 is 21.4 Å². The fraction of sp³-hybridized carbons (Fsp3) is 0.714. The molecule has 0 radical (unpaired) electrons. The minimum absolute atomic E-state index is 0.390. The molecule has 0 saturated carbocycles. The molecule has 1 heterocycles. The summed E-state index contributed by atoms with van der Waals surface area (Å²) in [5.41, 5.74) is 0. The van der Waals surface area contributed by atoms with Crippen molar-refractivity contribution in [3.63, 3.8) is 0 Å². The van der Waals surface area contributed by atoms with Gasteiger partial charge in [0.25, 0.3) is 0 Å². The first-order valence-corrected chi connectivity index (χ1v) is 9.47. The molecule has 0 aliphatic heterocycles. The van der Waals surface area contributed by atoms with Crippen molar-refractivity contribution in [3.8, 4) is 0 Å². The lowest BCUT2D eigenvalue weighted by Crippen LogP contribution is -2.29. The monoisotopic (exact) mass is 333 g/mol. The average Bonchev–Trinajstić information content (AvgIpc) is 2.85. The molecule has 0 fully saturated rings. The van der Waals surface area contributed by atoms with Crippen LogP contribution in [0.3, 0.4) is 0 Å². The lowest BCUT2D eigenvalue weighted by atomic mass is 10.4. The van der Waals surface area contributed by atoms with Crippen molar-refractivity contribution in [2.45, 2.75) is 37.8 Å². The second-order valence-electron chi connectivity index (χ2n) is 5.77. The Hall–Kier alpha value is -0.470. The van der Waals surface area contributed by atoms with Gasteiger partial charge in [-0.3, -0.25) is 0 Å². The Bertz CT molecular complexity index is 524. The van der Waals surface area contributed by atoms with E-state index in [1.54, 1.807) is 18.5 Å². The van der Waals surface area contributed by atoms with Crippen molar-refractivity contribution in [1.29, 1.82) is 0 Å². The van der Waals surface area contributed by atoms with Gasteiger partial charge >= 0.3 is 0 Å². The van der Waals surface area contributed by atoms with Gasteiger partial charge in [-0.15, -0.1) is 11.3 Å². The largest absolute Gasteiger partial charge is 0.310 e. The van der Waals surface area contributed by atoms with Crippen LogP contribution >= 0.6 is 11.3 Å². The van der Waals surface area contributed by atoms with E-state index < -0.39 is 10.0 Å². The SMILES string of the molecule is CC(C)NCc1cc(S(=O)(=O)N(C)CCCN(C)C)cs1. The van der Waals surface area contributed by atoms with Gasteiger partial charge in [0.05, 0.1) is 4.90 Å². The molecule has 0 unspecified atom stereocenters. The third-order valence-corrected chi connectivity index (χ3v) is 6.02. The van der Waals surface area contributed by atoms with E-state index in [4.69, 9.17) is 0 Å². The summed E-state index contributed by atoms with van der Waals surface area (Å²) in [6, 6.07) is 2.17.